The Hall–Kier alpha value is -2.74. The molecular weight excluding hydrogens is 309 g/mol. The van der Waals surface area contributed by atoms with Crippen molar-refractivity contribution < 1.29 is 4.39 Å². The van der Waals surface area contributed by atoms with Gasteiger partial charge < -0.3 is 0 Å². The van der Waals surface area contributed by atoms with E-state index in [9.17, 15) is 4.39 Å². The molecule has 0 spiro atoms. The quantitative estimate of drug-likeness (QED) is 0.387. The minimum atomic E-state index is -0.252. The molecule has 124 valence electrons. The second-order valence-corrected chi connectivity index (χ2v) is 6.40. The molecule has 1 nitrogen and oxygen atoms in total. The summed E-state index contributed by atoms with van der Waals surface area (Å²) in [4.78, 5) is 4.66. The molecule has 0 aliphatic rings. The van der Waals surface area contributed by atoms with Gasteiger partial charge in [-0.1, -0.05) is 67.9 Å². The minimum Gasteiger partial charge on any atom is -0.245 e. The van der Waals surface area contributed by atoms with E-state index >= 15 is 0 Å². The molecule has 0 unspecified atom stereocenters. The van der Waals surface area contributed by atoms with E-state index in [1.807, 2.05) is 42.5 Å². The number of para-hydroxylation sites is 1. The largest absolute Gasteiger partial charge is 0.245 e. The summed E-state index contributed by atoms with van der Waals surface area (Å²) in [5, 5.41) is 2.03. The Balaban J connectivity index is 2.17. The molecule has 1 aromatic heterocycles. The van der Waals surface area contributed by atoms with Gasteiger partial charge in [-0.15, -0.1) is 0 Å². The smallest absolute Gasteiger partial charge is 0.149 e. The lowest BCUT2D eigenvalue weighted by molar-refractivity contribution is 0.636. The van der Waals surface area contributed by atoms with Gasteiger partial charge in [0.2, 0.25) is 0 Å². The fraction of sp³-hybridized carbons (Fsp3) is 0.174. The Morgan fingerprint density at radius 3 is 2.44 bits per heavy atom. The molecule has 3 aromatic carbocycles. The summed E-state index contributed by atoms with van der Waals surface area (Å²) in [7, 11) is 0. The molecule has 0 radical (unpaired) electrons. The van der Waals surface area contributed by atoms with E-state index in [0.29, 0.717) is 5.52 Å². The first-order valence-electron chi connectivity index (χ1n) is 8.85. The lowest BCUT2D eigenvalue weighted by Crippen LogP contribution is -1.97. The van der Waals surface area contributed by atoms with Gasteiger partial charge in [0.05, 0.1) is 5.52 Å². The minimum absolute atomic E-state index is 0.252. The predicted molar refractivity (Wildman–Crippen MR) is 103 cm³/mol. The number of unbranched alkanes of at least 4 members (excludes halogenated alkanes) is 1. The molecule has 0 bridgehead atoms. The molecule has 0 N–H and O–H groups in total. The molecule has 0 aliphatic carbocycles. The van der Waals surface area contributed by atoms with Crippen LogP contribution in [0.25, 0.3) is 32.9 Å². The maximum atomic E-state index is 14.6. The number of nitrogens with zero attached hydrogens (tertiary/aromatic N) is 1. The number of hydrogen-bond acceptors (Lipinski definition) is 1. The van der Waals surface area contributed by atoms with E-state index in [1.165, 1.54) is 5.56 Å². The van der Waals surface area contributed by atoms with Crippen molar-refractivity contribution >= 4 is 21.8 Å². The van der Waals surface area contributed by atoms with Gasteiger partial charge in [-0.05, 0) is 36.1 Å². The Morgan fingerprint density at radius 2 is 1.64 bits per heavy atom. The van der Waals surface area contributed by atoms with Crippen LogP contribution in [0.4, 0.5) is 4.39 Å². The van der Waals surface area contributed by atoms with Gasteiger partial charge in [0, 0.05) is 16.3 Å². The fourth-order valence-corrected chi connectivity index (χ4v) is 3.51. The summed E-state index contributed by atoms with van der Waals surface area (Å²) in [6, 6.07) is 21.8. The van der Waals surface area contributed by atoms with Crippen molar-refractivity contribution in [3.05, 3.63) is 78.1 Å². The van der Waals surface area contributed by atoms with E-state index in [0.717, 1.165) is 46.7 Å². The summed E-state index contributed by atoms with van der Waals surface area (Å²) in [6.07, 6.45) is 3.13. The molecule has 25 heavy (non-hydrogen) atoms. The van der Waals surface area contributed by atoms with Crippen LogP contribution in [0.5, 0.6) is 0 Å². The van der Waals surface area contributed by atoms with Crippen LogP contribution in [0, 0.1) is 5.82 Å². The lowest BCUT2D eigenvalue weighted by atomic mass is 9.91. The molecule has 1 heterocycles. The number of pyridine rings is 1. The topological polar surface area (TPSA) is 12.9 Å². The van der Waals surface area contributed by atoms with Crippen LogP contribution in [0.3, 0.4) is 0 Å². The molecule has 0 fully saturated rings. The second kappa shape index (κ2) is 6.64. The van der Waals surface area contributed by atoms with Gasteiger partial charge in [0.15, 0.2) is 0 Å². The average Bonchev–Trinajstić information content (AvgIpc) is 2.67. The Bertz CT molecular complexity index is 1040. The van der Waals surface area contributed by atoms with Gasteiger partial charge in [0.25, 0.3) is 0 Å². The van der Waals surface area contributed by atoms with Gasteiger partial charge in [-0.25, -0.2) is 9.37 Å². The summed E-state index contributed by atoms with van der Waals surface area (Å²) in [5.74, 6) is -0.252. The number of aryl methyl sites for hydroxylation is 1. The first-order valence-corrected chi connectivity index (χ1v) is 8.85. The number of rotatable bonds is 4. The maximum absolute atomic E-state index is 14.6. The average molecular weight is 329 g/mol. The molecule has 0 saturated carbocycles. The van der Waals surface area contributed by atoms with E-state index in [-0.39, 0.29) is 5.82 Å². The highest BCUT2D eigenvalue weighted by Crippen LogP contribution is 2.37. The van der Waals surface area contributed by atoms with E-state index in [4.69, 9.17) is 0 Å². The van der Waals surface area contributed by atoms with Crippen molar-refractivity contribution in [3.63, 3.8) is 0 Å². The first-order chi connectivity index (χ1) is 12.3. The van der Waals surface area contributed by atoms with Crippen molar-refractivity contribution in [1.82, 2.24) is 4.98 Å². The standard InChI is InChI=1S/C23H20FN/c1-2-3-9-17-14-15-19(24)23-22(17)21(16-10-5-4-6-11-16)18-12-7-8-13-20(18)25-23/h4-8,10-15H,2-3,9H2,1H3. The fourth-order valence-electron chi connectivity index (χ4n) is 3.51. The van der Waals surface area contributed by atoms with E-state index < -0.39 is 0 Å². The number of benzene rings is 3. The van der Waals surface area contributed by atoms with Crippen molar-refractivity contribution in [3.8, 4) is 11.1 Å². The van der Waals surface area contributed by atoms with Crippen molar-refractivity contribution in [2.45, 2.75) is 26.2 Å². The Morgan fingerprint density at radius 1 is 0.880 bits per heavy atom. The van der Waals surface area contributed by atoms with Crippen LogP contribution in [0.15, 0.2) is 66.7 Å². The van der Waals surface area contributed by atoms with Crippen molar-refractivity contribution in [2.24, 2.45) is 0 Å². The molecule has 0 aliphatic heterocycles. The van der Waals surface area contributed by atoms with Crippen LogP contribution in [-0.4, -0.2) is 4.98 Å². The Labute approximate surface area is 147 Å². The summed E-state index contributed by atoms with van der Waals surface area (Å²) < 4.78 is 14.6. The molecule has 0 amide bonds. The first kappa shape index (κ1) is 15.8. The van der Waals surface area contributed by atoms with Crippen LogP contribution in [0.2, 0.25) is 0 Å². The molecule has 0 atom stereocenters. The zero-order chi connectivity index (χ0) is 17.2. The van der Waals surface area contributed by atoms with Gasteiger partial charge in [0.1, 0.15) is 11.3 Å². The molecule has 4 aromatic rings. The molecule has 2 heteroatoms. The van der Waals surface area contributed by atoms with Gasteiger partial charge >= 0.3 is 0 Å². The number of halogens is 1. The van der Waals surface area contributed by atoms with Crippen molar-refractivity contribution in [1.29, 1.82) is 0 Å². The summed E-state index contributed by atoms with van der Waals surface area (Å²) >= 11 is 0. The molecule has 4 rings (SSSR count). The van der Waals surface area contributed by atoms with Crippen LogP contribution >= 0.6 is 0 Å². The summed E-state index contributed by atoms with van der Waals surface area (Å²) in [6.45, 7) is 2.18. The highest BCUT2D eigenvalue weighted by Gasteiger charge is 2.16. The zero-order valence-corrected chi connectivity index (χ0v) is 14.3. The number of fused-ring (bicyclic) bond motifs is 2. The van der Waals surface area contributed by atoms with E-state index in [2.05, 4.69) is 30.1 Å². The lowest BCUT2D eigenvalue weighted by Gasteiger charge is -2.15. The molecular formula is C23H20FN. The van der Waals surface area contributed by atoms with Gasteiger partial charge in [-0.2, -0.15) is 0 Å². The third-order valence-corrected chi connectivity index (χ3v) is 4.73. The normalized spacial score (nSPS) is 11.3. The second-order valence-electron chi connectivity index (χ2n) is 6.40. The third-order valence-electron chi connectivity index (χ3n) is 4.73. The monoisotopic (exact) mass is 329 g/mol. The van der Waals surface area contributed by atoms with Crippen LogP contribution < -0.4 is 0 Å². The van der Waals surface area contributed by atoms with E-state index in [1.54, 1.807) is 6.07 Å². The van der Waals surface area contributed by atoms with Crippen LogP contribution in [0.1, 0.15) is 25.3 Å². The number of aromatic nitrogens is 1. The zero-order valence-electron chi connectivity index (χ0n) is 14.3. The summed E-state index contributed by atoms with van der Waals surface area (Å²) in [5.41, 5.74) is 4.68. The van der Waals surface area contributed by atoms with Crippen molar-refractivity contribution in [2.75, 3.05) is 0 Å². The highest BCUT2D eigenvalue weighted by atomic mass is 19.1. The van der Waals surface area contributed by atoms with Gasteiger partial charge in [-0.3, -0.25) is 0 Å². The van der Waals surface area contributed by atoms with Crippen LogP contribution in [-0.2, 0) is 6.42 Å². The number of hydrogen-bond donors (Lipinski definition) is 0. The maximum Gasteiger partial charge on any atom is 0.149 e. The predicted octanol–water partition coefficient (Wildman–Crippen LogP) is 6.54. The third kappa shape index (κ3) is 2.78. The molecule has 0 saturated heterocycles. The SMILES string of the molecule is CCCCc1ccc(F)c2nc3ccccc3c(-c3ccccc3)c12. The highest BCUT2D eigenvalue weighted by molar-refractivity contribution is 6.10. The Kier molecular flexibility index (Phi) is 4.19.